The molecule has 2 rings (SSSR count). The molecule has 26 heavy (non-hydrogen) atoms. The van der Waals surface area contributed by atoms with Crippen LogP contribution in [0.5, 0.6) is 11.5 Å². The monoisotopic (exact) mass is 356 g/mol. The summed E-state index contributed by atoms with van der Waals surface area (Å²) >= 11 is 0. The van der Waals surface area contributed by atoms with Crippen LogP contribution in [0.25, 0.3) is 0 Å². The fraction of sp³-hybridized carbons (Fsp3) is 0.211. The van der Waals surface area contributed by atoms with Crippen molar-refractivity contribution in [2.24, 2.45) is 5.10 Å². The summed E-state index contributed by atoms with van der Waals surface area (Å²) in [6.45, 7) is 1.59. The molecule has 0 unspecified atom stereocenters. The molecule has 7 heteroatoms. The number of amides is 1. The number of benzene rings is 2. The smallest absolute Gasteiger partial charge is 0.343 e. The quantitative estimate of drug-likeness (QED) is 0.445. The molecule has 0 aliphatic heterocycles. The van der Waals surface area contributed by atoms with E-state index in [0.29, 0.717) is 17.1 Å². The van der Waals surface area contributed by atoms with Crippen molar-refractivity contribution < 1.29 is 23.8 Å². The van der Waals surface area contributed by atoms with Gasteiger partial charge in [-0.05, 0) is 36.2 Å². The Balaban J connectivity index is 1.81. The van der Waals surface area contributed by atoms with Crippen LogP contribution in [-0.4, -0.2) is 38.4 Å². The van der Waals surface area contributed by atoms with Crippen LogP contribution >= 0.6 is 0 Å². The first-order valence-electron chi connectivity index (χ1n) is 7.88. The number of hydrogen-bond donors (Lipinski definition) is 1. The predicted octanol–water partition coefficient (Wildman–Crippen LogP) is 2.08. The van der Waals surface area contributed by atoms with E-state index in [1.807, 2.05) is 25.1 Å². The summed E-state index contributed by atoms with van der Waals surface area (Å²) in [5.41, 5.74) is 4.04. The molecule has 1 N–H and O–H groups in total. The molecule has 0 atom stereocenters. The van der Waals surface area contributed by atoms with Crippen LogP contribution in [-0.2, 0) is 14.3 Å². The van der Waals surface area contributed by atoms with Gasteiger partial charge in [-0.25, -0.2) is 10.2 Å². The van der Waals surface area contributed by atoms with Crippen molar-refractivity contribution in [1.82, 2.24) is 5.43 Å². The molecule has 0 radical (unpaired) electrons. The zero-order valence-corrected chi connectivity index (χ0v) is 14.6. The predicted molar refractivity (Wildman–Crippen MR) is 96.4 cm³/mol. The molecular weight excluding hydrogens is 336 g/mol. The second-order valence-corrected chi connectivity index (χ2v) is 5.28. The SMILES string of the molecule is COC(=O)COc1cccc(/C=N\NC(=O)COc2ccccc2C)c1. The summed E-state index contributed by atoms with van der Waals surface area (Å²) in [5, 5.41) is 3.88. The van der Waals surface area contributed by atoms with Gasteiger partial charge in [0.1, 0.15) is 11.5 Å². The normalized spacial score (nSPS) is 10.4. The summed E-state index contributed by atoms with van der Waals surface area (Å²) in [6, 6.07) is 14.4. The lowest BCUT2D eigenvalue weighted by Crippen LogP contribution is -2.24. The van der Waals surface area contributed by atoms with Gasteiger partial charge in [-0.2, -0.15) is 5.10 Å². The van der Waals surface area contributed by atoms with E-state index in [1.165, 1.54) is 13.3 Å². The van der Waals surface area contributed by atoms with Gasteiger partial charge in [0.15, 0.2) is 13.2 Å². The molecule has 0 aromatic heterocycles. The van der Waals surface area contributed by atoms with E-state index in [1.54, 1.807) is 30.3 Å². The van der Waals surface area contributed by atoms with Gasteiger partial charge in [-0.1, -0.05) is 30.3 Å². The maximum Gasteiger partial charge on any atom is 0.343 e. The van der Waals surface area contributed by atoms with Crippen LogP contribution in [0, 0.1) is 6.92 Å². The number of carbonyl (C=O) groups excluding carboxylic acids is 2. The topological polar surface area (TPSA) is 86.2 Å². The van der Waals surface area contributed by atoms with Gasteiger partial charge in [-0.15, -0.1) is 0 Å². The molecule has 2 aromatic rings. The van der Waals surface area contributed by atoms with Crippen LogP contribution in [0.3, 0.4) is 0 Å². The number of aryl methyl sites for hydroxylation is 1. The largest absolute Gasteiger partial charge is 0.483 e. The van der Waals surface area contributed by atoms with Gasteiger partial charge >= 0.3 is 5.97 Å². The Morgan fingerprint density at radius 2 is 1.88 bits per heavy atom. The zero-order chi connectivity index (χ0) is 18.8. The number of para-hydroxylation sites is 1. The third-order valence-corrected chi connectivity index (χ3v) is 3.30. The second-order valence-electron chi connectivity index (χ2n) is 5.28. The molecule has 136 valence electrons. The number of ether oxygens (including phenoxy) is 3. The lowest BCUT2D eigenvalue weighted by atomic mass is 10.2. The summed E-state index contributed by atoms with van der Waals surface area (Å²) in [7, 11) is 1.29. The maximum absolute atomic E-state index is 11.8. The standard InChI is InChI=1S/C19H20N2O5/c1-14-6-3-4-9-17(14)26-12-18(22)21-20-11-15-7-5-8-16(10-15)25-13-19(23)24-2/h3-11H,12-13H2,1-2H3,(H,21,22)/b20-11-. The van der Waals surface area contributed by atoms with Crippen LogP contribution in [0.1, 0.15) is 11.1 Å². The third-order valence-electron chi connectivity index (χ3n) is 3.30. The number of hydrogen-bond acceptors (Lipinski definition) is 6. The first-order valence-corrected chi connectivity index (χ1v) is 7.88. The number of methoxy groups -OCH3 is 1. The van der Waals surface area contributed by atoms with E-state index in [4.69, 9.17) is 9.47 Å². The van der Waals surface area contributed by atoms with E-state index < -0.39 is 5.97 Å². The summed E-state index contributed by atoms with van der Waals surface area (Å²) in [5.74, 6) is 0.309. The highest BCUT2D eigenvalue weighted by Gasteiger charge is 2.04. The van der Waals surface area contributed by atoms with Gasteiger partial charge in [0.25, 0.3) is 5.91 Å². The van der Waals surface area contributed by atoms with Crippen molar-refractivity contribution in [1.29, 1.82) is 0 Å². The van der Waals surface area contributed by atoms with Gasteiger partial charge in [0.2, 0.25) is 0 Å². The van der Waals surface area contributed by atoms with Crippen LogP contribution in [0.15, 0.2) is 53.6 Å². The van der Waals surface area contributed by atoms with Crippen molar-refractivity contribution >= 4 is 18.1 Å². The third kappa shape index (κ3) is 6.27. The Kier molecular flexibility index (Phi) is 7.17. The summed E-state index contributed by atoms with van der Waals surface area (Å²) in [4.78, 5) is 22.8. The fourth-order valence-electron chi connectivity index (χ4n) is 1.96. The molecule has 0 spiro atoms. The number of rotatable bonds is 8. The second kappa shape index (κ2) is 9.83. The Morgan fingerprint density at radius 1 is 1.08 bits per heavy atom. The van der Waals surface area contributed by atoms with Crippen molar-refractivity contribution in [3.63, 3.8) is 0 Å². The number of nitrogens with zero attached hydrogens (tertiary/aromatic N) is 1. The van der Waals surface area contributed by atoms with E-state index in [-0.39, 0.29) is 19.1 Å². The maximum atomic E-state index is 11.8. The van der Waals surface area contributed by atoms with Crippen molar-refractivity contribution in [3.05, 3.63) is 59.7 Å². The van der Waals surface area contributed by atoms with Crippen molar-refractivity contribution in [3.8, 4) is 11.5 Å². The van der Waals surface area contributed by atoms with Gasteiger partial charge in [0, 0.05) is 0 Å². The van der Waals surface area contributed by atoms with E-state index in [0.717, 1.165) is 5.56 Å². The minimum Gasteiger partial charge on any atom is -0.483 e. The van der Waals surface area contributed by atoms with E-state index >= 15 is 0 Å². The molecule has 0 saturated carbocycles. The highest BCUT2D eigenvalue weighted by atomic mass is 16.6. The lowest BCUT2D eigenvalue weighted by Gasteiger charge is -2.07. The minimum absolute atomic E-state index is 0.134. The lowest BCUT2D eigenvalue weighted by molar-refractivity contribution is -0.142. The molecule has 0 aliphatic carbocycles. The van der Waals surface area contributed by atoms with Gasteiger partial charge < -0.3 is 14.2 Å². The van der Waals surface area contributed by atoms with Gasteiger partial charge in [-0.3, -0.25) is 4.79 Å². The first-order chi connectivity index (χ1) is 12.6. The van der Waals surface area contributed by atoms with E-state index in [9.17, 15) is 9.59 Å². The van der Waals surface area contributed by atoms with Crippen LogP contribution in [0.2, 0.25) is 0 Å². The molecule has 1 amide bonds. The molecular formula is C19H20N2O5. The molecule has 0 saturated heterocycles. The number of nitrogens with one attached hydrogen (secondary N) is 1. The van der Waals surface area contributed by atoms with Crippen LogP contribution < -0.4 is 14.9 Å². The highest BCUT2D eigenvalue weighted by molar-refractivity contribution is 5.83. The number of carbonyl (C=O) groups is 2. The highest BCUT2D eigenvalue weighted by Crippen LogP contribution is 2.15. The molecule has 0 aliphatic rings. The Labute approximate surface area is 151 Å². The first kappa shape index (κ1) is 19.0. The molecule has 2 aromatic carbocycles. The van der Waals surface area contributed by atoms with Crippen molar-refractivity contribution in [2.75, 3.05) is 20.3 Å². The minimum atomic E-state index is -0.468. The average Bonchev–Trinajstić information content (AvgIpc) is 2.66. The molecule has 0 heterocycles. The molecule has 7 nitrogen and oxygen atoms in total. The zero-order valence-electron chi connectivity index (χ0n) is 14.6. The van der Waals surface area contributed by atoms with Gasteiger partial charge in [0.05, 0.1) is 13.3 Å². The molecule has 0 bridgehead atoms. The summed E-state index contributed by atoms with van der Waals surface area (Å²) in [6.07, 6.45) is 1.47. The average molecular weight is 356 g/mol. The summed E-state index contributed by atoms with van der Waals surface area (Å²) < 4.78 is 15.2. The number of esters is 1. The van der Waals surface area contributed by atoms with E-state index in [2.05, 4.69) is 15.3 Å². The van der Waals surface area contributed by atoms with Crippen molar-refractivity contribution in [2.45, 2.75) is 6.92 Å². The Hall–Kier alpha value is -3.35. The molecule has 0 fully saturated rings. The van der Waals surface area contributed by atoms with Crippen LogP contribution in [0.4, 0.5) is 0 Å². The fourth-order valence-corrected chi connectivity index (χ4v) is 1.96. The Bertz CT molecular complexity index is 789. The Morgan fingerprint density at radius 3 is 2.65 bits per heavy atom. The number of hydrazone groups is 1.